The standard InChI is InChI=1S/C40H77NO4/c1-5-7-9-11-13-15-17-19-21-23-25-27-29-31-33-35-40(44)45-38(36-41(3,4)37-39(42)43)34-32-30-28-26-24-22-20-18-16-14-12-10-8-6-2/h19,21,38H,5-18,20,22-37H2,1-4H3/p+1/b21-19-. The zero-order valence-corrected chi connectivity index (χ0v) is 30.8. The molecule has 0 radical (unpaired) electrons. The summed E-state index contributed by atoms with van der Waals surface area (Å²) < 4.78 is 6.28. The monoisotopic (exact) mass is 637 g/mol. The van der Waals surface area contributed by atoms with Crippen molar-refractivity contribution in [1.29, 1.82) is 0 Å². The van der Waals surface area contributed by atoms with Crippen LogP contribution in [0.3, 0.4) is 0 Å². The van der Waals surface area contributed by atoms with E-state index in [2.05, 4.69) is 26.0 Å². The number of carboxylic acid groups (broad SMARTS) is 1. The van der Waals surface area contributed by atoms with Gasteiger partial charge in [-0.25, -0.2) is 4.79 Å². The van der Waals surface area contributed by atoms with E-state index < -0.39 is 5.97 Å². The number of carbonyl (C=O) groups is 2. The van der Waals surface area contributed by atoms with Crippen molar-refractivity contribution in [1.82, 2.24) is 0 Å². The predicted octanol–water partition coefficient (Wildman–Crippen LogP) is 12.0. The average molecular weight is 637 g/mol. The molecule has 0 aromatic heterocycles. The molecule has 0 bridgehead atoms. The Labute approximate surface area is 280 Å². The number of rotatable bonds is 35. The number of quaternary nitrogens is 1. The third kappa shape index (κ3) is 33.8. The van der Waals surface area contributed by atoms with E-state index in [0.717, 1.165) is 32.1 Å². The second-order valence-corrected chi connectivity index (χ2v) is 14.5. The van der Waals surface area contributed by atoms with Crippen LogP contribution in [0.5, 0.6) is 0 Å². The van der Waals surface area contributed by atoms with Crippen LogP contribution in [0.2, 0.25) is 0 Å². The molecule has 1 atom stereocenters. The summed E-state index contributed by atoms with van der Waals surface area (Å²) in [6.45, 7) is 5.14. The van der Waals surface area contributed by atoms with Gasteiger partial charge in [-0.1, -0.05) is 161 Å². The molecule has 0 saturated heterocycles. The molecule has 5 heteroatoms. The van der Waals surface area contributed by atoms with E-state index >= 15 is 0 Å². The fourth-order valence-corrected chi connectivity index (χ4v) is 6.32. The summed E-state index contributed by atoms with van der Waals surface area (Å²) in [5.74, 6) is -0.923. The van der Waals surface area contributed by atoms with Crippen LogP contribution in [0, 0.1) is 0 Å². The van der Waals surface area contributed by atoms with E-state index in [1.807, 2.05) is 14.1 Å². The normalized spacial score (nSPS) is 12.6. The molecule has 0 amide bonds. The number of carbonyl (C=O) groups excluding carboxylic acids is 1. The van der Waals surface area contributed by atoms with Gasteiger partial charge < -0.3 is 14.3 Å². The maximum absolute atomic E-state index is 12.7. The topological polar surface area (TPSA) is 63.6 Å². The van der Waals surface area contributed by atoms with E-state index in [-0.39, 0.29) is 18.6 Å². The number of carboxylic acids is 1. The number of allylic oxidation sites excluding steroid dienone is 2. The number of ether oxygens (including phenoxy) is 1. The molecule has 266 valence electrons. The van der Waals surface area contributed by atoms with Crippen molar-refractivity contribution in [3.63, 3.8) is 0 Å². The van der Waals surface area contributed by atoms with Crippen LogP contribution >= 0.6 is 0 Å². The molecule has 1 N–H and O–H groups in total. The first-order valence-electron chi connectivity index (χ1n) is 19.7. The largest absolute Gasteiger partial charge is 0.477 e. The number of unbranched alkanes of at least 4 members (excludes halogenated alkanes) is 24. The molecule has 45 heavy (non-hydrogen) atoms. The highest BCUT2D eigenvalue weighted by atomic mass is 16.5. The Bertz CT molecular complexity index is 690. The lowest BCUT2D eigenvalue weighted by atomic mass is 10.0. The van der Waals surface area contributed by atoms with Crippen LogP contribution in [-0.4, -0.2) is 54.8 Å². The maximum atomic E-state index is 12.7. The third-order valence-corrected chi connectivity index (χ3v) is 9.08. The number of esters is 1. The molecule has 0 spiro atoms. The molecule has 1 unspecified atom stereocenters. The summed E-state index contributed by atoms with van der Waals surface area (Å²) in [7, 11) is 3.84. The quantitative estimate of drug-likeness (QED) is 0.0325. The van der Waals surface area contributed by atoms with Gasteiger partial charge in [0.1, 0.15) is 6.54 Å². The Morgan fingerprint density at radius 1 is 0.578 bits per heavy atom. The number of nitrogens with zero attached hydrogens (tertiary/aromatic N) is 1. The molecule has 0 rings (SSSR count). The van der Waals surface area contributed by atoms with Gasteiger partial charge >= 0.3 is 11.9 Å². The zero-order chi connectivity index (χ0) is 33.3. The number of hydrogen-bond donors (Lipinski definition) is 1. The average Bonchev–Trinajstić information content (AvgIpc) is 2.98. The van der Waals surface area contributed by atoms with E-state index in [0.29, 0.717) is 17.4 Å². The first-order valence-corrected chi connectivity index (χ1v) is 19.7. The van der Waals surface area contributed by atoms with Crippen molar-refractivity contribution < 1.29 is 23.9 Å². The Morgan fingerprint density at radius 3 is 1.38 bits per heavy atom. The summed E-state index contributed by atoms with van der Waals surface area (Å²) in [6, 6.07) is 0. The van der Waals surface area contributed by atoms with Crippen LogP contribution in [-0.2, 0) is 14.3 Å². The van der Waals surface area contributed by atoms with Crippen molar-refractivity contribution >= 4 is 11.9 Å². The summed E-state index contributed by atoms with van der Waals surface area (Å²) in [4.78, 5) is 24.0. The molecule has 0 aromatic rings. The fourth-order valence-electron chi connectivity index (χ4n) is 6.32. The second kappa shape index (κ2) is 32.6. The van der Waals surface area contributed by atoms with E-state index in [1.165, 1.54) is 148 Å². The van der Waals surface area contributed by atoms with Crippen molar-refractivity contribution in [3.05, 3.63) is 12.2 Å². The molecule has 0 aliphatic heterocycles. The SMILES string of the molecule is CCCCCCCC/C=C\CCCCCCCC(=O)OC(CCCCCCCCCCCCCCCC)C[N+](C)(C)CC(=O)O. The molecule has 0 heterocycles. The van der Waals surface area contributed by atoms with E-state index in [4.69, 9.17) is 4.74 Å². The summed E-state index contributed by atoms with van der Waals surface area (Å²) in [5.41, 5.74) is 0. The fraction of sp³-hybridized carbons (Fsp3) is 0.900. The van der Waals surface area contributed by atoms with Crippen LogP contribution in [0.1, 0.15) is 200 Å². The van der Waals surface area contributed by atoms with Gasteiger partial charge in [0.25, 0.3) is 0 Å². The Kier molecular flexibility index (Phi) is 31.6. The van der Waals surface area contributed by atoms with Crippen molar-refractivity contribution in [2.45, 2.75) is 206 Å². The van der Waals surface area contributed by atoms with Gasteiger partial charge in [0.2, 0.25) is 0 Å². The smallest absolute Gasteiger partial charge is 0.359 e. The van der Waals surface area contributed by atoms with Gasteiger partial charge in [0.15, 0.2) is 12.6 Å². The molecular weight excluding hydrogens is 558 g/mol. The number of likely N-dealkylation sites (N-methyl/N-ethyl adjacent to an activating group) is 1. The molecule has 0 saturated carbocycles. The first-order chi connectivity index (χ1) is 21.8. The van der Waals surface area contributed by atoms with Crippen LogP contribution in [0.25, 0.3) is 0 Å². The van der Waals surface area contributed by atoms with E-state index in [1.54, 1.807) is 0 Å². The molecule has 0 aliphatic carbocycles. The van der Waals surface area contributed by atoms with Crippen LogP contribution in [0.4, 0.5) is 0 Å². The van der Waals surface area contributed by atoms with Gasteiger partial charge in [0.05, 0.1) is 14.1 Å². The van der Waals surface area contributed by atoms with Crippen molar-refractivity contribution in [2.75, 3.05) is 27.2 Å². The lowest BCUT2D eigenvalue weighted by Crippen LogP contribution is -2.49. The van der Waals surface area contributed by atoms with Gasteiger partial charge in [-0.3, -0.25) is 4.79 Å². The highest BCUT2D eigenvalue weighted by Crippen LogP contribution is 2.17. The molecule has 0 aromatic carbocycles. The molecule has 5 nitrogen and oxygen atoms in total. The lowest BCUT2D eigenvalue weighted by molar-refractivity contribution is -0.886. The van der Waals surface area contributed by atoms with Crippen LogP contribution < -0.4 is 0 Å². The molecular formula is C40H78NO4+. The van der Waals surface area contributed by atoms with Crippen LogP contribution in [0.15, 0.2) is 12.2 Å². The molecule has 0 fully saturated rings. The van der Waals surface area contributed by atoms with Gasteiger partial charge in [0, 0.05) is 6.42 Å². The second-order valence-electron chi connectivity index (χ2n) is 14.5. The highest BCUT2D eigenvalue weighted by molar-refractivity contribution is 5.69. The lowest BCUT2D eigenvalue weighted by Gasteiger charge is -2.31. The van der Waals surface area contributed by atoms with Gasteiger partial charge in [-0.15, -0.1) is 0 Å². The minimum atomic E-state index is -0.810. The Balaban J connectivity index is 4.06. The van der Waals surface area contributed by atoms with Gasteiger partial charge in [-0.05, 0) is 44.9 Å². The Morgan fingerprint density at radius 2 is 0.956 bits per heavy atom. The minimum Gasteiger partial charge on any atom is -0.477 e. The molecule has 0 aliphatic rings. The summed E-state index contributed by atoms with van der Waals surface area (Å²) in [5, 5.41) is 9.33. The third-order valence-electron chi connectivity index (χ3n) is 9.08. The van der Waals surface area contributed by atoms with Gasteiger partial charge in [-0.2, -0.15) is 0 Å². The summed E-state index contributed by atoms with van der Waals surface area (Å²) >= 11 is 0. The summed E-state index contributed by atoms with van der Waals surface area (Å²) in [6.07, 6.45) is 40.5. The Hall–Kier alpha value is -1.36. The predicted molar refractivity (Wildman–Crippen MR) is 194 cm³/mol. The number of hydrogen-bond acceptors (Lipinski definition) is 3. The first kappa shape index (κ1) is 43.6. The zero-order valence-electron chi connectivity index (χ0n) is 30.8. The number of aliphatic carboxylic acids is 1. The highest BCUT2D eigenvalue weighted by Gasteiger charge is 2.27. The van der Waals surface area contributed by atoms with Crippen molar-refractivity contribution in [3.8, 4) is 0 Å². The maximum Gasteiger partial charge on any atom is 0.359 e. The van der Waals surface area contributed by atoms with Crippen molar-refractivity contribution in [2.24, 2.45) is 0 Å². The van der Waals surface area contributed by atoms with E-state index in [9.17, 15) is 14.7 Å². The minimum absolute atomic E-state index is 0.0427.